The smallest absolute Gasteiger partial charge is 0.394 e. The van der Waals surface area contributed by atoms with Crippen molar-refractivity contribution in [1.29, 1.82) is 5.41 Å². The first-order valence-electron chi connectivity index (χ1n) is 9.57. The second-order valence-corrected chi connectivity index (χ2v) is 10.8. The summed E-state index contributed by atoms with van der Waals surface area (Å²) in [6.07, 6.45) is -15.1. The Labute approximate surface area is 190 Å². The molecule has 3 rings (SSSR count). The zero-order chi connectivity index (χ0) is 26.0. The van der Waals surface area contributed by atoms with Crippen LogP contribution in [0.4, 0.5) is 0 Å². The summed E-state index contributed by atoms with van der Waals surface area (Å²) in [4.78, 5) is 40.5. The van der Waals surface area contributed by atoms with Crippen molar-refractivity contribution < 1.29 is 68.8 Å². The van der Waals surface area contributed by atoms with Crippen molar-refractivity contribution in [2.75, 3.05) is 13.2 Å². The predicted molar refractivity (Wildman–Crippen MR) is 106 cm³/mol. The Balaban J connectivity index is 2.30. The van der Waals surface area contributed by atoms with Crippen molar-refractivity contribution in [3.63, 3.8) is 0 Å². The Morgan fingerprint density at radius 3 is 1.82 bits per heavy atom. The lowest BCUT2D eigenvalue weighted by Crippen LogP contribution is -2.70. The van der Waals surface area contributed by atoms with Gasteiger partial charge in [-0.2, -0.15) is 0 Å². The number of ether oxygens (including phenoxy) is 2. The molecule has 34 heavy (non-hydrogen) atoms. The zero-order valence-corrected chi connectivity index (χ0v) is 18.9. The van der Waals surface area contributed by atoms with Crippen molar-refractivity contribution in [3.8, 4) is 0 Å². The van der Waals surface area contributed by atoms with Crippen molar-refractivity contribution in [2.24, 2.45) is 5.73 Å². The molecule has 2 fully saturated rings. The van der Waals surface area contributed by atoms with Gasteiger partial charge in [0.1, 0.15) is 48.8 Å². The summed E-state index contributed by atoms with van der Waals surface area (Å²) in [6, 6.07) is 0. The highest BCUT2D eigenvalue weighted by Gasteiger charge is 2.68. The first kappa shape index (κ1) is 27.5. The fourth-order valence-corrected chi connectivity index (χ4v) is 6.59. The van der Waals surface area contributed by atoms with E-state index >= 15 is 0 Å². The monoisotopic (exact) mass is 536 g/mol. The van der Waals surface area contributed by atoms with Gasteiger partial charge in [-0.15, -0.1) is 0 Å². The second kappa shape index (κ2) is 9.11. The maximum absolute atomic E-state index is 12.6. The highest BCUT2D eigenvalue weighted by atomic mass is 31.2. The van der Waals surface area contributed by atoms with E-state index in [1.54, 1.807) is 0 Å². The zero-order valence-electron chi connectivity index (χ0n) is 17.1. The molecule has 9 atom stereocenters. The van der Waals surface area contributed by atoms with Crippen LogP contribution in [0, 0.1) is 5.41 Å². The van der Waals surface area contributed by atoms with Crippen LogP contribution in [0.2, 0.25) is 0 Å². The first-order chi connectivity index (χ1) is 15.6. The average molecular weight is 536 g/mol. The van der Waals surface area contributed by atoms with Gasteiger partial charge in [-0.25, -0.2) is 9.24 Å². The molecule has 0 aromatic carbocycles. The lowest BCUT2D eigenvalue weighted by atomic mass is 10.0. The van der Waals surface area contributed by atoms with Crippen LogP contribution in [0.3, 0.4) is 0 Å². The number of aliphatic hydroxyl groups excluding tert-OH is 6. The largest absolute Gasteiger partial charge is 0.433 e. The lowest BCUT2D eigenvalue weighted by molar-refractivity contribution is -0.110. The molecule has 20 heteroatoms. The third kappa shape index (κ3) is 4.03. The normalized spacial score (nSPS) is 41.6. The van der Waals surface area contributed by atoms with Crippen LogP contribution in [0.1, 0.15) is 0 Å². The summed E-state index contributed by atoms with van der Waals surface area (Å²) in [5.74, 6) is -3.04. The molecule has 196 valence electrons. The molecule has 13 N–H and O–H groups in total. The van der Waals surface area contributed by atoms with Gasteiger partial charge in [0.15, 0.2) is 5.44 Å². The molecule has 3 aliphatic heterocycles. The van der Waals surface area contributed by atoms with Crippen molar-refractivity contribution >= 4 is 21.7 Å². The first-order valence-corrected chi connectivity index (χ1v) is 12.7. The van der Waals surface area contributed by atoms with E-state index in [1.165, 1.54) is 0 Å². The topological polar surface area (TPSA) is 311 Å². The number of nitrogens with two attached hydrogens (primary N) is 1. The van der Waals surface area contributed by atoms with E-state index in [4.69, 9.17) is 20.6 Å². The highest BCUT2D eigenvalue weighted by Crippen LogP contribution is 2.63. The quantitative estimate of drug-likeness (QED) is 0.0819. The molecule has 0 bridgehead atoms. The third-order valence-electron chi connectivity index (χ3n) is 5.85. The minimum absolute atomic E-state index is 0.153. The predicted octanol–water partition coefficient (Wildman–Crippen LogP) is -5.77. The summed E-state index contributed by atoms with van der Waals surface area (Å²) >= 11 is 0. The van der Waals surface area contributed by atoms with Crippen LogP contribution in [-0.4, -0.2) is 134 Å². The van der Waals surface area contributed by atoms with Crippen molar-refractivity contribution in [2.45, 2.75) is 54.6 Å². The van der Waals surface area contributed by atoms with E-state index in [0.29, 0.717) is 0 Å². The number of aliphatic hydroxyl groups is 6. The van der Waals surface area contributed by atoms with Gasteiger partial charge < -0.3 is 59.7 Å². The molecule has 3 unspecified atom stereocenters. The molecule has 3 heterocycles. The maximum Gasteiger partial charge on any atom is 0.433 e. The van der Waals surface area contributed by atoms with Crippen LogP contribution < -0.4 is 5.73 Å². The molecule has 0 radical (unpaired) electrons. The number of hydrogen-bond acceptors (Lipinski definition) is 12. The number of nitrogens with one attached hydrogen (secondary N) is 1. The molecule has 0 saturated carbocycles. The maximum atomic E-state index is 12.6. The molecular weight excluding hydrogens is 510 g/mol. The molecule has 18 nitrogen and oxygen atoms in total. The Morgan fingerprint density at radius 1 is 0.941 bits per heavy atom. The molecule has 0 aromatic rings. The SMILES string of the molecule is N=CN1C(P(=O)(O)O)=C(C2O[C@H](CO)[C@@H](O)[C@H]2O)N(P(=O)(O)O)C1(N)C1O[C@H](CO)[C@@H](O)[C@H]1O. The molecule has 3 aliphatic rings. The minimum Gasteiger partial charge on any atom is -0.394 e. The van der Waals surface area contributed by atoms with Gasteiger partial charge >= 0.3 is 15.3 Å². The standard InChI is InChI=1S/C14H26N4O14P2/c15-3-17-13(33(25,26)27)6(11-9(23)7(21)4(1-19)31-11)18(34(28,29)30)14(17,16)12-10(24)8(22)5(2-20)32-12/h3-5,7-12,15,19-24H,1-2,16H2,(H2,25,26,27)(H2,28,29,30)/t4-,5-,7-,8-,9-,10-,11?,12?,14?/m1/s1. The van der Waals surface area contributed by atoms with E-state index in [-0.39, 0.29) is 15.9 Å². The molecule has 0 aromatic heterocycles. The van der Waals surface area contributed by atoms with Gasteiger partial charge in [-0.1, -0.05) is 0 Å². The summed E-state index contributed by atoms with van der Waals surface area (Å²) in [7, 11) is -11.5. The average Bonchev–Trinajstić information content (AvgIpc) is 3.29. The molecule has 0 aliphatic carbocycles. The Morgan fingerprint density at radius 2 is 1.44 bits per heavy atom. The van der Waals surface area contributed by atoms with Crippen LogP contribution >= 0.6 is 15.3 Å². The van der Waals surface area contributed by atoms with E-state index in [2.05, 4.69) is 0 Å². The van der Waals surface area contributed by atoms with Gasteiger partial charge in [0.2, 0.25) is 5.79 Å². The fraction of sp³-hybridized carbons (Fsp3) is 0.786. The summed E-state index contributed by atoms with van der Waals surface area (Å²) in [5.41, 5.74) is 3.70. The van der Waals surface area contributed by atoms with Gasteiger partial charge in [0, 0.05) is 0 Å². The highest BCUT2D eigenvalue weighted by molar-refractivity contribution is 7.56. The van der Waals surface area contributed by atoms with Crippen LogP contribution in [0.25, 0.3) is 0 Å². The van der Waals surface area contributed by atoms with Gasteiger partial charge in [0.05, 0.1) is 25.2 Å². The number of nitrogens with zero attached hydrogens (tertiary/aromatic N) is 2. The van der Waals surface area contributed by atoms with Crippen LogP contribution in [0.15, 0.2) is 11.1 Å². The van der Waals surface area contributed by atoms with Gasteiger partial charge in [-0.05, 0) is 0 Å². The van der Waals surface area contributed by atoms with E-state index in [0.717, 1.165) is 0 Å². The molecule has 2 saturated heterocycles. The molecule has 0 amide bonds. The van der Waals surface area contributed by atoms with Gasteiger partial charge in [-0.3, -0.25) is 20.6 Å². The molecule has 0 spiro atoms. The van der Waals surface area contributed by atoms with Crippen molar-refractivity contribution in [1.82, 2.24) is 9.57 Å². The fourth-order valence-electron chi connectivity index (χ4n) is 4.37. The van der Waals surface area contributed by atoms with Crippen LogP contribution in [0.5, 0.6) is 0 Å². The second-order valence-electron chi connectivity index (χ2n) is 7.88. The number of rotatable bonds is 7. The Hall–Kier alpha value is -1.05. The molecular formula is C14H26N4O14P2. The summed E-state index contributed by atoms with van der Waals surface area (Å²) in [6.45, 7) is -1.80. The third-order valence-corrected chi connectivity index (χ3v) is 7.90. The van der Waals surface area contributed by atoms with Crippen LogP contribution in [-0.2, 0) is 18.6 Å². The Kier molecular flexibility index (Phi) is 7.38. The van der Waals surface area contributed by atoms with E-state index in [1.807, 2.05) is 0 Å². The summed E-state index contributed by atoms with van der Waals surface area (Å²) in [5, 5.41) is 67.5. The summed E-state index contributed by atoms with van der Waals surface area (Å²) < 4.78 is 35.4. The van der Waals surface area contributed by atoms with E-state index in [9.17, 15) is 59.3 Å². The van der Waals surface area contributed by atoms with Crippen molar-refractivity contribution in [3.05, 3.63) is 11.1 Å². The lowest BCUT2D eigenvalue weighted by Gasteiger charge is -2.46. The van der Waals surface area contributed by atoms with Gasteiger partial charge in [0.25, 0.3) is 0 Å². The van der Waals surface area contributed by atoms with E-state index < -0.39 is 94.3 Å². The number of hydrogen-bond donors (Lipinski definition) is 12. The minimum atomic E-state index is -5.81. The Bertz CT molecular complexity index is 941.